The van der Waals surface area contributed by atoms with Gasteiger partial charge in [-0.05, 0) is 82.2 Å². The Morgan fingerprint density at radius 2 is 1.91 bits per heavy atom. The van der Waals surface area contributed by atoms with Crippen molar-refractivity contribution in [3.8, 4) is 0 Å². The lowest BCUT2D eigenvalue weighted by molar-refractivity contribution is 0.0530. The number of rotatable bonds is 7. The van der Waals surface area contributed by atoms with E-state index >= 15 is 0 Å². The molecular weight excluding hydrogens is 426 g/mol. The maximum absolute atomic E-state index is 13.0. The molecule has 3 N–H and O–H groups in total. The molecule has 0 bridgehead atoms. The Bertz CT molecular complexity index is 1040. The first-order valence-electron chi connectivity index (χ1n) is 11.3. The van der Waals surface area contributed by atoms with Crippen LogP contribution >= 0.6 is 11.6 Å². The number of hydrogen-bond donors (Lipinski definition) is 3. The largest absolute Gasteiger partial charge is 0.381 e. The van der Waals surface area contributed by atoms with Crippen LogP contribution in [0.5, 0.6) is 0 Å². The van der Waals surface area contributed by atoms with E-state index in [0.717, 1.165) is 54.6 Å². The number of carbonyl (C=O) groups excluding carboxylic acids is 1. The van der Waals surface area contributed by atoms with Crippen molar-refractivity contribution in [1.29, 1.82) is 0 Å². The van der Waals surface area contributed by atoms with E-state index in [-0.39, 0.29) is 23.6 Å². The molecule has 1 fully saturated rings. The van der Waals surface area contributed by atoms with Gasteiger partial charge in [-0.15, -0.1) is 0 Å². The summed E-state index contributed by atoms with van der Waals surface area (Å²) in [7, 11) is 1.77. The van der Waals surface area contributed by atoms with Gasteiger partial charge >= 0.3 is 0 Å². The number of ether oxygens (including phenoxy) is 1. The smallest absolute Gasteiger partial charge is 0.253 e. The van der Waals surface area contributed by atoms with Crippen LogP contribution in [-0.4, -0.2) is 29.6 Å². The van der Waals surface area contributed by atoms with Gasteiger partial charge in [0.25, 0.3) is 11.5 Å². The number of methoxy groups -OCH3 is 1. The van der Waals surface area contributed by atoms with Crippen LogP contribution in [0, 0.1) is 20.8 Å². The van der Waals surface area contributed by atoms with Crippen LogP contribution in [0.15, 0.2) is 23.0 Å². The average molecular weight is 460 g/mol. The van der Waals surface area contributed by atoms with Crippen LogP contribution in [0.3, 0.4) is 0 Å². The van der Waals surface area contributed by atoms with Gasteiger partial charge in [0, 0.05) is 46.7 Å². The summed E-state index contributed by atoms with van der Waals surface area (Å²) in [6, 6.07) is 5.48. The molecule has 0 atom stereocenters. The van der Waals surface area contributed by atoms with E-state index < -0.39 is 0 Å². The molecule has 1 aromatic heterocycles. The number of halogens is 1. The zero-order valence-electron chi connectivity index (χ0n) is 19.7. The number of anilines is 1. The monoisotopic (exact) mass is 459 g/mol. The van der Waals surface area contributed by atoms with Gasteiger partial charge < -0.3 is 20.4 Å². The minimum Gasteiger partial charge on any atom is -0.381 e. The second kappa shape index (κ2) is 10.1. The van der Waals surface area contributed by atoms with Gasteiger partial charge in [-0.3, -0.25) is 9.59 Å². The fraction of sp³-hybridized carbons (Fsp3) is 0.520. The SMILES string of the molecule is CCC1(Nc2cc(Cl)cc(C(=O)NCc3c(C)cc(C)[nH]c3=O)c2C)CCC(OC)CC1. The van der Waals surface area contributed by atoms with Gasteiger partial charge in [-0.1, -0.05) is 18.5 Å². The van der Waals surface area contributed by atoms with Crippen molar-refractivity contribution in [1.82, 2.24) is 10.3 Å². The number of pyridine rings is 1. The molecule has 6 nitrogen and oxygen atoms in total. The van der Waals surface area contributed by atoms with Crippen molar-refractivity contribution in [2.75, 3.05) is 12.4 Å². The molecule has 0 saturated heterocycles. The summed E-state index contributed by atoms with van der Waals surface area (Å²) in [5.74, 6) is -0.249. The highest BCUT2D eigenvalue weighted by Crippen LogP contribution is 2.37. The van der Waals surface area contributed by atoms with E-state index in [1.54, 1.807) is 13.2 Å². The highest BCUT2D eigenvalue weighted by molar-refractivity contribution is 6.31. The fourth-order valence-corrected chi connectivity index (χ4v) is 4.86. The first kappa shape index (κ1) is 24.3. The quantitative estimate of drug-likeness (QED) is 0.542. The van der Waals surface area contributed by atoms with E-state index in [2.05, 4.69) is 22.5 Å². The maximum Gasteiger partial charge on any atom is 0.253 e. The average Bonchev–Trinajstić information content (AvgIpc) is 2.75. The van der Waals surface area contributed by atoms with Crippen LogP contribution in [0.25, 0.3) is 0 Å². The second-order valence-electron chi connectivity index (χ2n) is 8.95. The van der Waals surface area contributed by atoms with E-state index in [4.69, 9.17) is 16.3 Å². The Kier molecular flexibility index (Phi) is 7.67. The van der Waals surface area contributed by atoms with Crippen molar-refractivity contribution < 1.29 is 9.53 Å². The summed E-state index contributed by atoms with van der Waals surface area (Å²) < 4.78 is 5.53. The topological polar surface area (TPSA) is 83.2 Å². The zero-order chi connectivity index (χ0) is 23.5. The highest BCUT2D eigenvalue weighted by atomic mass is 35.5. The van der Waals surface area contributed by atoms with Gasteiger partial charge in [0.15, 0.2) is 0 Å². The van der Waals surface area contributed by atoms with E-state index in [9.17, 15) is 9.59 Å². The summed E-state index contributed by atoms with van der Waals surface area (Å²) in [6.45, 7) is 7.99. The lowest BCUT2D eigenvalue weighted by atomic mass is 9.78. The standard InChI is InChI=1S/C25H34ClN3O3/c1-6-25(9-7-19(32-5)8-10-25)29-22-13-18(26)12-20(17(22)4)23(30)27-14-21-15(2)11-16(3)28-24(21)31/h11-13,19,29H,6-10,14H2,1-5H3,(H,27,30)(H,28,31). The van der Waals surface area contributed by atoms with Crippen LogP contribution < -0.4 is 16.2 Å². The zero-order valence-corrected chi connectivity index (χ0v) is 20.4. The van der Waals surface area contributed by atoms with E-state index in [1.807, 2.05) is 32.9 Å². The second-order valence-corrected chi connectivity index (χ2v) is 9.38. The molecule has 0 unspecified atom stereocenters. The van der Waals surface area contributed by atoms with Crippen LogP contribution in [0.2, 0.25) is 5.02 Å². The summed E-state index contributed by atoms with van der Waals surface area (Å²) >= 11 is 6.41. The Morgan fingerprint density at radius 1 is 1.22 bits per heavy atom. The number of aryl methyl sites for hydroxylation is 2. The van der Waals surface area contributed by atoms with E-state index in [1.165, 1.54) is 0 Å². The lowest BCUT2D eigenvalue weighted by Gasteiger charge is -2.41. The first-order valence-corrected chi connectivity index (χ1v) is 11.6. The number of aromatic nitrogens is 1. The molecule has 1 amide bonds. The number of benzene rings is 1. The van der Waals surface area contributed by atoms with Gasteiger partial charge in [-0.25, -0.2) is 0 Å². The number of hydrogen-bond acceptors (Lipinski definition) is 4. The van der Waals surface area contributed by atoms with Crippen LogP contribution in [-0.2, 0) is 11.3 Å². The third-order valence-electron chi connectivity index (χ3n) is 6.84. The molecule has 0 spiro atoms. The summed E-state index contributed by atoms with van der Waals surface area (Å²) in [5.41, 5.74) is 4.24. The molecule has 0 aliphatic heterocycles. The Hall–Kier alpha value is -2.31. The molecule has 1 aromatic carbocycles. The highest BCUT2D eigenvalue weighted by Gasteiger charge is 2.34. The van der Waals surface area contributed by atoms with Crippen molar-refractivity contribution in [3.63, 3.8) is 0 Å². The summed E-state index contributed by atoms with van der Waals surface area (Å²) in [6.07, 6.45) is 5.32. The molecule has 32 heavy (non-hydrogen) atoms. The third-order valence-corrected chi connectivity index (χ3v) is 7.05. The number of H-pyrrole nitrogens is 1. The molecule has 174 valence electrons. The molecule has 0 radical (unpaired) electrons. The van der Waals surface area contributed by atoms with Crippen molar-refractivity contribution in [2.45, 2.75) is 78.0 Å². The maximum atomic E-state index is 13.0. The van der Waals surface area contributed by atoms with Crippen LogP contribution in [0.1, 0.15) is 71.8 Å². The molecule has 1 heterocycles. The number of aromatic amines is 1. The van der Waals surface area contributed by atoms with Gasteiger partial charge in [-0.2, -0.15) is 0 Å². The Morgan fingerprint density at radius 3 is 2.50 bits per heavy atom. The fourth-order valence-electron chi connectivity index (χ4n) is 4.64. The molecule has 2 aromatic rings. The van der Waals surface area contributed by atoms with Gasteiger partial charge in [0.05, 0.1) is 6.10 Å². The molecule has 1 aliphatic rings. The van der Waals surface area contributed by atoms with Gasteiger partial charge in [0.2, 0.25) is 0 Å². The van der Waals surface area contributed by atoms with Gasteiger partial charge in [0.1, 0.15) is 0 Å². The van der Waals surface area contributed by atoms with Crippen molar-refractivity contribution in [3.05, 3.63) is 61.5 Å². The normalized spacial score (nSPS) is 20.8. The Balaban J connectivity index is 1.80. The van der Waals surface area contributed by atoms with Crippen molar-refractivity contribution >= 4 is 23.2 Å². The van der Waals surface area contributed by atoms with Crippen molar-refractivity contribution in [2.24, 2.45) is 0 Å². The minimum absolute atomic E-state index is 0.0372. The molecular formula is C25H34ClN3O3. The first-order chi connectivity index (χ1) is 15.2. The predicted molar refractivity (Wildman–Crippen MR) is 130 cm³/mol. The summed E-state index contributed by atoms with van der Waals surface area (Å²) in [4.78, 5) is 28.1. The van der Waals surface area contributed by atoms with Crippen LogP contribution in [0.4, 0.5) is 5.69 Å². The number of nitrogens with one attached hydrogen (secondary N) is 3. The van der Waals surface area contributed by atoms with E-state index in [0.29, 0.717) is 22.3 Å². The molecule has 1 aliphatic carbocycles. The number of carbonyl (C=O) groups is 1. The molecule has 3 rings (SSSR count). The molecule has 1 saturated carbocycles. The Labute approximate surface area is 195 Å². The predicted octanol–water partition coefficient (Wildman–Crippen LogP) is 5.03. The molecule has 7 heteroatoms. The summed E-state index contributed by atoms with van der Waals surface area (Å²) in [5, 5.41) is 7.11. The number of amides is 1. The lowest BCUT2D eigenvalue weighted by Crippen LogP contribution is -2.43. The minimum atomic E-state index is -0.249. The third kappa shape index (κ3) is 5.36.